The van der Waals surface area contributed by atoms with E-state index in [-0.39, 0.29) is 30.1 Å². The molecule has 0 saturated heterocycles. The third kappa shape index (κ3) is 5.46. The van der Waals surface area contributed by atoms with E-state index in [0.29, 0.717) is 40.7 Å². The maximum atomic E-state index is 13.7. The van der Waals surface area contributed by atoms with Crippen molar-refractivity contribution in [2.24, 2.45) is 0 Å². The van der Waals surface area contributed by atoms with Crippen LogP contribution in [0.4, 0.5) is 0 Å². The van der Waals surface area contributed by atoms with Gasteiger partial charge in [-0.1, -0.05) is 25.1 Å². The van der Waals surface area contributed by atoms with Gasteiger partial charge in [-0.15, -0.1) is 0 Å². The highest BCUT2D eigenvalue weighted by molar-refractivity contribution is 6.26. The third-order valence-electron chi connectivity index (χ3n) is 5.56. The van der Waals surface area contributed by atoms with Crippen LogP contribution in [-0.4, -0.2) is 37.4 Å². The Hall–Kier alpha value is -4.26. The zero-order valence-electron chi connectivity index (χ0n) is 19.6. The number of hydrogen-bond acceptors (Lipinski definition) is 6. The van der Waals surface area contributed by atoms with Gasteiger partial charge in [-0.3, -0.25) is 4.79 Å². The third-order valence-corrected chi connectivity index (χ3v) is 5.56. The second-order valence-electron chi connectivity index (χ2n) is 7.96. The Balaban J connectivity index is 1.82. The maximum Gasteiger partial charge on any atom is 0.336 e. The fourth-order valence-corrected chi connectivity index (χ4v) is 3.85. The predicted octanol–water partition coefficient (Wildman–Crippen LogP) is 5.18. The summed E-state index contributed by atoms with van der Waals surface area (Å²) in [5.41, 5.74) is 1.53. The molecule has 0 spiro atoms. The minimum Gasteiger partial charge on any atom is -0.497 e. The zero-order chi connectivity index (χ0) is 24.8. The number of rotatable bonds is 10. The number of carboxylic acid groups (broad SMARTS) is 1. The molecule has 1 heterocycles. The van der Waals surface area contributed by atoms with Gasteiger partial charge in [0.15, 0.2) is 17.3 Å². The number of allylic oxidation sites excluding steroid dienone is 1. The molecule has 7 nitrogen and oxygen atoms in total. The van der Waals surface area contributed by atoms with Crippen molar-refractivity contribution in [2.75, 3.05) is 20.5 Å². The van der Waals surface area contributed by atoms with Gasteiger partial charge >= 0.3 is 5.97 Å². The topological polar surface area (TPSA) is 91.3 Å². The van der Waals surface area contributed by atoms with Crippen LogP contribution in [0.5, 0.6) is 23.0 Å². The monoisotopic (exact) mass is 474 g/mol. The molecule has 1 N–H and O–H groups in total. The molecular weight excluding hydrogens is 448 g/mol. The van der Waals surface area contributed by atoms with Crippen molar-refractivity contribution < 1.29 is 33.6 Å². The molecule has 0 fully saturated rings. The van der Waals surface area contributed by atoms with Gasteiger partial charge in [-0.2, -0.15) is 0 Å². The first-order valence-corrected chi connectivity index (χ1v) is 11.3. The van der Waals surface area contributed by atoms with Gasteiger partial charge in [-0.05, 0) is 66.1 Å². The highest BCUT2D eigenvalue weighted by atomic mass is 16.7. The van der Waals surface area contributed by atoms with Crippen LogP contribution >= 0.6 is 0 Å². The van der Waals surface area contributed by atoms with Crippen LogP contribution in [0.15, 0.2) is 72.3 Å². The van der Waals surface area contributed by atoms with Crippen LogP contribution in [0.3, 0.4) is 0 Å². The Kier molecular flexibility index (Phi) is 7.35. The molecule has 0 amide bonds. The number of carbonyl (C=O) groups excluding carboxylic acids is 1. The number of carbonyl (C=O) groups is 2. The lowest BCUT2D eigenvalue weighted by atomic mass is 9.89. The molecule has 0 atom stereocenters. The number of Topliss-reactive ketones (excluding diaryl/α,β-unsaturated/α-hetero) is 1. The Morgan fingerprint density at radius 3 is 2.37 bits per heavy atom. The van der Waals surface area contributed by atoms with Crippen molar-refractivity contribution in [1.29, 1.82) is 0 Å². The minimum absolute atomic E-state index is 0.0626. The van der Waals surface area contributed by atoms with Crippen LogP contribution in [0, 0.1) is 0 Å². The van der Waals surface area contributed by atoms with Gasteiger partial charge in [0.05, 0.1) is 19.3 Å². The van der Waals surface area contributed by atoms with Gasteiger partial charge in [0.25, 0.3) is 0 Å². The summed E-state index contributed by atoms with van der Waals surface area (Å²) in [5, 5.41) is 10.2. The number of fused-ring (bicyclic) bond motifs is 1. The molecule has 35 heavy (non-hydrogen) atoms. The lowest BCUT2D eigenvalue weighted by Crippen LogP contribution is -2.14. The molecule has 4 rings (SSSR count). The number of methoxy groups -OCH3 is 1. The SMILES string of the molecule is CCCOc1cccc(C/C(C(=O)c2ccc(OC)cc2)=C(/C(=O)O)c2ccc3c(c2)OCO3)c1. The largest absolute Gasteiger partial charge is 0.497 e. The van der Waals surface area contributed by atoms with Crippen LogP contribution in [-0.2, 0) is 11.2 Å². The average Bonchev–Trinajstić information content (AvgIpc) is 3.35. The highest BCUT2D eigenvalue weighted by Gasteiger charge is 2.26. The summed E-state index contributed by atoms with van der Waals surface area (Å²) in [6.07, 6.45) is 0.961. The molecule has 0 radical (unpaired) electrons. The standard InChI is InChI=1S/C28H26O7/c1-3-13-33-22-6-4-5-18(14-22)15-23(27(29)19-7-10-21(32-2)11-8-19)26(28(30)31)20-9-12-24-25(16-20)35-17-34-24/h4-12,14,16H,3,13,15,17H2,1-2H3,(H,30,31)/b26-23-. The number of ether oxygens (including phenoxy) is 4. The van der Waals surface area contributed by atoms with Crippen molar-refractivity contribution >= 4 is 17.3 Å². The van der Waals surface area contributed by atoms with E-state index in [1.165, 1.54) is 7.11 Å². The molecule has 0 aromatic heterocycles. The Morgan fingerprint density at radius 1 is 0.914 bits per heavy atom. The van der Waals surface area contributed by atoms with Gasteiger partial charge in [0.1, 0.15) is 11.5 Å². The summed E-state index contributed by atoms with van der Waals surface area (Å²) < 4.78 is 21.7. The van der Waals surface area contributed by atoms with Crippen LogP contribution in [0.25, 0.3) is 5.57 Å². The second kappa shape index (κ2) is 10.8. The molecular formula is C28H26O7. The van der Waals surface area contributed by atoms with Gasteiger partial charge in [0.2, 0.25) is 6.79 Å². The predicted molar refractivity (Wildman–Crippen MR) is 130 cm³/mol. The maximum absolute atomic E-state index is 13.7. The van der Waals surface area contributed by atoms with Crippen molar-refractivity contribution in [2.45, 2.75) is 19.8 Å². The second-order valence-corrected chi connectivity index (χ2v) is 7.96. The molecule has 3 aromatic carbocycles. The van der Waals surface area contributed by atoms with E-state index in [4.69, 9.17) is 18.9 Å². The fourth-order valence-electron chi connectivity index (χ4n) is 3.85. The van der Waals surface area contributed by atoms with Crippen LogP contribution in [0.1, 0.15) is 34.8 Å². The van der Waals surface area contributed by atoms with Crippen molar-refractivity contribution in [1.82, 2.24) is 0 Å². The average molecular weight is 475 g/mol. The minimum atomic E-state index is -1.21. The van der Waals surface area contributed by atoms with Gasteiger partial charge in [0, 0.05) is 17.6 Å². The van der Waals surface area contributed by atoms with E-state index in [1.807, 2.05) is 31.2 Å². The normalized spacial score (nSPS) is 12.6. The number of ketones is 1. The molecule has 7 heteroatoms. The molecule has 0 aliphatic carbocycles. The molecule has 0 unspecified atom stereocenters. The van der Waals surface area contributed by atoms with E-state index in [0.717, 1.165) is 12.0 Å². The first-order valence-electron chi connectivity index (χ1n) is 11.3. The first-order chi connectivity index (χ1) is 17.0. The van der Waals surface area contributed by atoms with E-state index >= 15 is 0 Å². The van der Waals surface area contributed by atoms with E-state index in [2.05, 4.69) is 0 Å². The number of hydrogen-bond donors (Lipinski definition) is 1. The summed E-state index contributed by atoms with van der Waals surface area (Å²) in [5.74, 6) is 0.638. The lowest BCUT2D eigenvalue weighted by molar-refractivity contribution is -0.130. The van der Waals surface area contributed by atoms with Crippen molar-refractivity contribution in [3.63, 3.8) is 0 Å². The Morgan fingerprint density at radius 2 is 1.66 bits per heavy atom. The highest BCUT2D eigenvalue weighted by Crippen LogP contribution is 2.36. The summed E-state index contributed by atoms with van der Waals surface area (Å²) in [4.78, 5) is 26.3. The first kappa shape index (κ1) is 23.9. The van der Waals surface area contributed by atoms with E-state index in [9.17, 15) is 14.7 Å². The van der Waals surface area contributed by atoms with E-state index < -0.39 is 5.97 Å². The van der Waals surface area contributed by atoms with Crippen molar-refractivity contribution in [3.8, 4) is 23.0 Å². The Bertz CT molecular complexity index is 1260. The number of benzene rings is 3. The quantitative estimate of drug-likeness (QED) is 0.320. The molecule has 3 aromatic rings. The smallest absolute Gasteiger partial charge is 0.336 e. The van der Waals surface area contributed by atoms with Crippen molar-refractivity contribution in [3.05, 3.63) is 89.0 Å². The van der Waals surface area contributed by atoms with Crippen LogP contribution < -0.4 is 18.9 Å². The van der Waals surface area contributed by atoms with Gasteiger partial charge in [-0.25, -0.2) is 4.79 Å². The number of carboxylic acids is 1. The van der Waals surface area contributed by atoms with E-state index in [1.54, 1.807) is 42.5 Å². The molecule has 0 bridgehead atoms. The van der Waals surface area contributed by atoms with Crippen LogP contribution in [0.2, 0.25) is 0 Å². The zero-order valence-corrected chi connectivity index (χ0v) is 19.6. The number of aliphatic carboxylic acids is 1. The molecule has 1 aliphatic rings. The molecule has 0 saturated carbocycles. The Labute approximate surface area is 203 Å². The fraction of sp³-hybridized carbons (Fsp3) is 0.214. The summed E-state index contributed by atoms with van der Waals surface area (Å²) in [7, 11) is 1.54. The molecule has 1 aliphatic heterocycles. The lowest BCUT2D eigenvalue weighted by Gasteiger charge is -2.14. The summed E-state index contributed by atoms with van der Waals surface area (Å²) in [6, 6.07) is 18.8. The summed E-state index contributed by atoms with van der Waals surface area (Å²) in [6.45, 7) is 2.64. The molecule has 180 valence electrons. The van der Waals surface area contributed by atoms with Gasteiger partial charge < -0.3 is 24.1 Å². The summed E-state index contributed by atoms with van der Waals surface area (Å²) >= 11 is 0.